The molecule has 0 aliphatic heterocycles. The number of nitrogens with one attached hydrogen (secondary N) is 1. The molecule has 17 heavy (non-hydrogen) atoms. The summed E-state index contributed by atoms with van der Waals surface area (Å²) in [5.74, 6) is 0.572. The SMILES string of the molecule is Cn1cc(CN)c(NC(=O)CCC(C)(C)C)n1. The standard InChI is InChI=1S/C12H22N4O/c1-12(2,3)6-5-10(17)14-11-9(7-13)8-16(4)15-11/h8H,5-7,13H2,1-4H3,(H,14,15,17). The molecule has 3 N–H and O–H groups in total. The van der Waals surface area contributed by atoms with Crippen LogP contribution in [0.2, 0.25) is 0 Å². The highest BCUT2D eigenvalue weighted by atomic mass is 16.1. The third kappa shape index (κ3) is 4.56. The van der Waals surface area contributed by atoms with Gasteiger partial charge >= 0.3 is 0 Å². The monoisotopic (exact) mass is 238 g/mol. The molecule has 0 fully saturated rings. The van der Waals surface area contributed by atoms with E-state index in [0.717, 1.165) is 12.0 Å². The molecule has 5 nitrogen and oxygen atoms in total. The highest BCUT2D eigenvalue weighted by Gasteiger charge is 2.14. The summed E-state index contributed by atoms with van der Waals surface area (Å²) in [5, 5.41) is 6.97. The van der Waals surface area contributed by atoms with Gasteiger partial charge in [0.05, 0.1) is 0 Å². The van der Waals surface area contributed by atoms with Crippen LogP contribution in [-0.2, 0) is 18.4 Å². The van der Waals surface area contributed by atoms with Crippen molar-refractivity contribution in [3.05, 3.63) is 11.8 Å². The second-order valence-electron chi connectivity index (χ2n) is 5.49. The summed E-state index contributed by atoms with van der Waals surface area (Å²) in [6.07, 6.45) is 3.17. The zero-order valence-corrected chi connectivity index (χ0v) is 11.1. The van der Waals surface area contributed by atoms with Crippen LogP contribution in [-0.4, -0.2) is 15.7 Å². The molecule has 1 aromatic rings. The van der Waals surface area contributed by atoms with Crippen molar-refractivity contribution < 1.29 is 4.79 Å². The minimum atomic E-state index is -0.00618. The van der Waals surface area contributed by atoms with Crippen LogP contribution in [0, 0.1) is 5.41 Å². The second kappa shape index (κ2) is 5.31. The van der Waals surface area contributed by atoms with Gasteiger partial charge in [-0.1, -0.05) is 20.8 Å². The topological polar surface area (TPSA) is 72.9 Å². The molecule has 0 atom stereocenters. The van der Waals surface area contributed by atoms with Crippen molar-refractivity contribution in [3.8, 4) is 0 Å². The number of amides is 1. The molecule has 0 saturated carbocycles. The highest BCUT2D eigenvalue weighted by molar-refractivity contribution is 5.90. The van der Waals surface area contributed by atoms with Gasteiger partial charge in [-0.25, -0.2) is 0 Å². The fourth-order valence-corrected chi connectivity index (χ4v) is 1.48. The summed E-state index contributed by atoms with van der Waals surface area (Å²) in [6.45, 7) is 6.73. The summed E-state index contributed by atoms with van der Waals surface area (Å²) in [4.78, 5) is 11.7. The minimum Gasteiger partial charge on any atom is -0.326 e. The Labute approximate surface area is 102 Å². The number of anilines is 1. The molecule has 0 unspecified atom stereocenters. The fraction of sp³-hybridized carbons (Fsp3) is 0.667. The van der Waals surface area contributed by atoms with Crippen molar-refractivity contribution in [2.45, 2.75) is 40.2 Å². The first kappa shape index (κ1) is 13.7. The van der Waals surface area contributed by atoms with Gasteiger partial charge < -0.3 is 11.1 Å². The molecule has 0 bridgehead atoms. The lowest BCUT2D eigenvalue weighted by molar-refractivity contribution is -0.116. The molecular weight excluding hydrogens is 216 g/mol. The zero-order chi connectivity index (χ0) is 13.1. The van der Waals surface area contributed by atoms with Gasteiger partial charge in [0, 0.05) is 31.8 Å². The third-order valence-corrected chi connectivity index (χ3v) is 2.48. The van der Waals surface area contributed by atoms with E-state index in [1.165, 1.54) is 0 Å². The maximum absolute atomic E-state index is 11.7. The van der Waals surface area contributed by atoms with E-state index in [4.69, 9.17) is 5.73 Å². The summed E-state index contributed by atoms with van der Waals surface area (Å²) in [5.41, 5.74) is 6.60. The van der Waals surface area contributed by atoms with Crippen LogP contribution in [0.3, 0.4) is 0 Å². The summed E-state index contributed by atoms with van der Waals surface area (Å²) < 4.78 is 1.65. The molecule has 1 aromatic heterocycles. The van der Waals surface area contributed by atoms with E-state index in [1.807, 2.05) is 13.2 Å². The number of rotatable bonds is 4. The lowest BCUT2D eigenvalue weighted by atomic mass is 9.90. The Hall–Kier alpha value is -1.36. The number of hydrogen-bond donors (Lipinski definition) is 2. The Kier molecular flexibility index (Phi) is 4.28. The van der Waals surface area contributed by atoms with Crippen LogP contribution < -0.4 is 11.1 Å². The van der Waals surface area contributed by atoms with Crippen molar-refractivity contribution in [3.63, 3.8) is 0 Å². The molecule has 0 aliphatic carbocycles. The van der Waals surface area contributed by atoms with Crippen molar-refractivity contribution in [1.29, 1.82) is 0 Å². The lowest BCUT2D eigenvalue weighted by Crippen LogP contribution is -2.17. The van der Waals surface area contributed by atoms with E-state index in [-0.39, 0.29) is 11.3 Å². The molecule has 1 amide bonds. The van der Waals surface area contributed by atoms with E-state index >= 15 is 0 Å². The van der Waals surface area contributed by atoms with Gasteiger partial charge in [0.1, 0.15) is 0 Å². The molecule has 0 saturated heterocycles. The Morgan fingerprint density at radius 1 is 1.53 bits per heavy atom. The number of carbonyl (C=O) groups excluding carboxylic acids is 1. The number of nitrogens with two attached hydrogens (primary N) is 1. The normalized spacial score (nSPS) is 11.6. The molecule has 0 aromatic carbocycles. The predicted molar refractivity (Wildman–Crippen MR) is 68.4 cm³/mol. The number of hydrogen-bond acceptors (Lipinski definition) is 3. The van der Waals surface area contributed by atoms with Crippen LogP contribution in [0.5, 0.6) is 0 Å². The largest absolute Gasteiger partial charge is 0.326 e. The second-order valence-corrected chi connectivity index (χ2v) is 5.49. The Morgan fingerprint density at radius 2 is 2.18 bits per heavy atom. The molecule has 0 radical (unpaired) electrons. The Bertz CT molecular complexity index is 390. The van der Waals surface area contributed by atoms with Crippen molar-refractivity contribution in [2.75, 3.05) is 5.32 Å². The van der Waals surface area contributed by atoms with E-state index in [0.29, 0.717) is 18.8 Å². The maximum atomic E-state index is 11.7. The number of nitrogens with zero attached hydrogens (tertiary/aromatic N) is 2. The van der Waals surface area contributed by atoms with Gasteiger partial charge in [-0.2, -0.15) is 5.10 Å². The van der Waals surface area contributed by atoms with E-state index in [9.17, 15) is 4.79 Å². The molecule has 1 heterocycles. The Balaban J connectivity index is 2.56. The smallest absolute Gasteiger partial charge is 0.225 e. The lowest BCUT2D eigenvalue weighted by Gasteiger charge is -2.17. The third-order valence-electron chi connectivity index (χ3n) is 2.48. The molecular formula is C12H22N4O. The van der Waals surface area contributed by atoms with Gasteiger partial charge in [-0.3, -0.25) is 9.48 Å². The summed E-state index contributed by atoms with van der Waals surface area (Å²) >= 11 is 0. The first-order valence-corrected chi connectivity index (χ1v) is 5.84. The van der Waals surface area contributed by atoms with E-state index in [2.05, 4.69) is 31.2 Å². The van der Waals surface area contributed by atoms with Crippen molar-refractivity contribution >= 4 is 11.7 Å². The number of carbonyl (C=O) groups is 1. The van der Waals surface area contributed by atoms with Crippen LogP contribution in [0.1, 0.15) is 39.2 Å². The van der Waals surface area contributed by atoms with Crippen molar-refractivity contribution in [1.82, 2.24) is 9.78 Å². The van der Waals surface area contributed by atoms with Gasteiger partial charge in [-0.15, -0.1) is 0 Å². The summed E-state index contributed by atoms with van der Waals surface area (Å²) in [6, 6.07) is 0. The molecule has 0 aliphatic rings. The first-order chi connectivity index (χ1) is 7.81. The van der Waals surface area contributed by atoms with E-state index < -0.39 is 0 Å². The minimum absolute atomic E-state index is 0.00618. The molecule has 0 spiro atoms. The van der Waals surface area contributed by atoms with Crippen LogP contribution in [0.25, 0.3) is 0 Å². The summed E-state index contributed by atoms with van der Waals surface area (Å²) in [7, 11) is 1.81. The van der Waals surface area contributed by atoms with E-state index in [1.54, 1.807) is 4.68 Å². The van der Waals surface area contributed by atoms with Gasteiger partial charge in [0.25, 0.3) is 0 Å². The average molecular weight is 238 g/mol. The van der Waals surface area contributed by atoms with Crippen LogP contribution >= 0.6 is 0 Å². The molecule has 1 rings (SSSR count). The van der Waals surface area contributed by atoms with Gasteiger partial charge in [-0.05, 0) is 11.8 Å². The fourth-order valence-electron chi connectivity index (χ4n) is 1.48. The van der Waals surface area contributed by atoms with Crippen LogP contribution in [0.4, 0.5) is 5.82 Å². The molecule has 5 heteroatoms. The van der Waals surface area contributed by atoms with Gasteiger partial charge in [0.2, 0.25) is 5.91 Å². The highest BCUT2D eigenvalue weighted by Crippen LogP contribution is 2.21. The number of aromatic nitrogens is 2. The van der Waals surface area contributed by atoms with Crippen LogP contribution in [0.15, 0.2) is 6.20 Å². The Morgan fingerprint density at radius 3 is 2.71 bits per heavy atom. The van der Waals surface area contributed by atoms with Crippen molar-refractivity contribution in [2.24, 2.45) is 18.2 Å². The van der Waals surface area contributed by atoms with Gasteiger partial charge in [0.15, 0.2) is 5.82 Å². The zero-order valence-electron chi connectivity index (χ0n) is 11.1. The quantitative estimate of drug-likeness (QED) is 0.837. The maximum Gasteiger partial charge on any atom is 0.225 e. The average Bonchev–Trinajstić information content (AvgIpc) is 2.55. The predicted octanol–water partition coefficient (Wildman–Crippen LogP) is 1.64. The first-order valence-electron chi connectivity index (χ1n) is 5.84. The molecule has 96 valence electrons. The number of aryl methyl sites for hydroxylation is 1.